The summed E-state index contributed by atoms with van der Waals surface area (Å²) >= 11 is 0. The summed E-state index contributed by atoms with van der Waals surface area (Å²) in [7, 11) is 1.58. The molecule has 0 aromatic heterocycles. The van der Waals surface area contributed by atoms with Crippen LogP contribution in [0.3, 0.4) is 0 Å². The molecule has 0 amide bonds. The molecule has 20 heavy (non-hydrogen) atoms. The number of halogens is 2. The minimum atomic E-state index is -0.615. The number of rotatable bonds is 4. The topological polar surface area (TPSA) is 35.2 Å². The fraction of sp³-hybridized carbons (Fsp3) is 0.250. The molecule has 0 saturated heterocycles. The number of ether oxygens (including phenoxy) is 1. The van der Waals surface area contributed by atoms with Gasteiger partial charge in [0, 0.05) is 17.7 Å². The Balaban J connectivity index is 2.28. The van der Waals surface area contributed by atoms with E-state index >= 15 is 0 Å². The highest BCUT2D eigenvalue weighted by Gasteiger charge is 2.16. The normalized spacial score (nSPS) is 12.2. The van der Waals surface area contributed by atoms with Crippen molar-refractivity contribution in [1.82, 2.24) is 0 Å². The summed E-state index contributed by atoms with van der Waals surface area (Å²) in [5.74, 6) is -0.464. The number of hydrogen-bond acceptors (Lipinski definition) is 2. The molecule has 0 saturated carbocycles. The number of para-hydroxylation sites is 1. The third kappa shape index (κ3) is 2.96. The molecule has 0 aliphatic rings. The van der Waals surface area contributed by atoms with E-state index in [4.69, 9.17) is 10.5 Å². The largest absolute Gasteiger partial charge is 0.496 e. The average Bonchev–Trinajstić information content (AvgIpc) is 2.43. The van der Waals surface area contributed by atoms with Crippen molar-refractivity contribution in [3.63, 3.8) is 0 Å². The monoisotopic (exact) mass is 277 g/mol. The second-order valence-corrected chi connectivity index (χ2v) is 4.75. The van der Waals surface area contributed by atoms with Crippen LogP contribution in [0.15, 0.2) is 36.4 Å². The smallest absolute Gasteiger partial charge is 0.130 e. The molecule has 0 fully saturated rings. The van der Waals surface area contributed by atoms with Crippen molar-refractivity contribution >= 4 is 0 Å². The molecule has 4 heteroatoms. The highest BCUT2D eigenvalue weighted by Crippen LogP contribution is 2.26. The third-order valence-corrected chi connectivity index (χ3v) is 3.31. The lowest BCUT2D eigenvalue weighted by molar-refractivity contribution is 0.407. The lowest BCUT2D eigenvalue weighted by atomic mass is 9.97. The van der Waals surface area contributed by atoms with Gasteiger partial charge < -0.3 is 10.5 Å². The van der Waals surface area contributed by atoms with Crippen LogP contribution < -0.4 is 10.5 Å². The van der Waals surface area contributed by atoms with E-state index in [1.54, 1.807) is 14.0 Å². The molecule has 2 rings (SSSR count). The molecular weight excluding hydrogens is 260 g/mol. The first kappa shape index (κ1) is 14.5. The maximum atomic E-state index is 13.8. The standard InChI is InChI=1S/C16H17F2NO/c1-10-7-12(14(18)9-13(10)17)15(19)8-11-5-3-4-6-16(11)20-2/h3-7,9,15H,8,19H2,1-2H3. The van der Waals surface area contributed by atoms with Crippen LogP contribution >= 0.6 is 0 Å². The van der Waals surface area contributed by atoms with Gasteiger partial charge in [-0.1, -0.05) is 18.2 Å². The summed E-state index contributed by atoms with van der Waals surface area (Å²) < 4.78 is 32.3. The summed E-state index contributed by atoms with van der Waals surface area (Å²) in [4.78, 5) is 0. The molecule has 0 spiro atoms. The molecule has 1 unspecified atom stereocenters. The fourth-order valence-electron chi connectivity index (χ4n) is 2.18. The molecular formula is C16H17F2NO. The molecule has 2 aromatic carbocycles. The Kier molecular flexibility index (Phi) is 4.35. The summed E-state index contributed by atoms with van der Waals surface area (Å²) in [6.07, 6.45) is 0.423. The number of hydrogen-bond donors (Lipinski definition) is 1. The minimum absolute atomic E-state index is 0.315. The number of nitrogens with two attached hydrogens (primary N) is 1. The molecule has 2 N–H and O–H groups in total. The predicted octanol–water partition coefficient (Wildman–Crippen LogP) is 3.52. The Hall–Kier alpha value is -1.94. The van der Waals surface area contributed by atoms with Crippen LogP contribution in [-0.4, -0.2) is 7.11 Å². The Bertz CT molecular complexity index is 613. The van der Waals surface area contributed by atoms with Crippen molar-refractivity contribution in [2.45, 2.75) is 19.4 Å². The van der Waals surface area contributed by atoms with Gasteiger partial charge in [-0.05, 0) is 36.6 Å². The zero-order chi connectivity index (χ0) is 14.7. The average molecular weight is 277 g/mol. The molecule has 0 aliphatic heterocycles. The maximum Gasteiger partial charge on any atom is 0.130 e. The zero-order valence-corrected chi connectivity index (χ0v) is 11.5. The van der Waals surface area contributed by atoms with E-state index in [-0.39, 0.29) is 0 Å². The summed E-state index contributed by atoms with van der Waals surface area (Å²) in [5, 5.41) is 0. The van der Waals surface area contributed by atoms with Gasteiger partial charge in [0.05, 0.1) is 7.11 Å². The van der Waals surface area contributed by atoms with Gasteiger partial charge in [-0.15, -0.1) is 0 Å². The van der Waals surface area contributed by atoms with Crippen molar-refractivity contribution in [1.29, 1.82) is 0 Å². The molecule has 0 radical (unpaired) electrons. The van der Waals surface area contributed by atoms with Crippen LogP contribution in [0.25, 0.3) is 0 Å². The second-order valence-electron chi connectivity index (χ2n) is 4.75. The summed E-state index contributed by atoms with van der Waals surface area (Å²) in [5.41, 5.74) is 7.65. The van der Waals surface area contributed by atoms with Crippen LogP contribution in [-0.2, 0) is 6.42 Å². The van der Waals surface area contributed by atoms with Crippen LogP contribution in [0, 0.1) is 18.6 Å². The minimum Gasteiger partial charge on any atom is -0.496 e. The Morgan fingerprint density at radius 2 is 1.85 bits per heavy atom. The first-order chi connectivity index (χ1) is 9.52. The highest BCUT2D eigenvalue weighted by atomic mass is 19.1. The lowest BCUT2D eigenvalue weighted by Crippen LogP contribution is -2.16. The van der Waals surface area contributed by atoms with Gasteiger partial charge in [-0.3, -0.25) is 0 Å². The lowest BCUT2D eigenvalue weighted by Gasteiger charge is -2.16. The predicted molar refractivity (Wildman–Crippen MR) is 74.7 cm³/mol. The third-order valence-electron chi connectivity index (χ3n) is 3.31. The molecule has 0 aliphatic carbocycles. The van der Waals surface area contributed by atoms with Crippen molar-refractivity contribution in [3.8, 4) is 5.75 Å². The zero-order valence-electron chi connectivity index (χ0n) is 11.5. The van der Waals surface area contributed by atoms with E-state index < -0.39 is 17.7 Å². The highest BCUT2D eigenvalue weighted by molar-refractivity contribution is 5.36. The molecule has 2 aromatic rings. The van der Waals surface area contributed by atoms with Gasteiger partial charge >= 0.3 is 0 Å². The molecule has 1 atom stereocenters. The fourth-order valence-corrected chi connectivity index (χ4v) is 2.18. The van der Waals surface area contributed by atoms with E-state index in [1.165, 1.54) is 6.07 Å². The maximum absolute atomic E-state index is 13.8. The van der Waals surface area contributed by atoms with E-state index in [0.717, 1.165) is 11.6 Å². The van der Waals surface area contributed by atoms with Gasteiger partial charge in [-0.2, -0.15) is 0 Å². The van der Waals surface area contributed by atoms with Crippen LogP contribution in [0.1, 0.15) is 22.7 Å². The number of benzene rings is 2. The summed E-state index contributed by atoms with van der Waals surface area (Å²) in [6.45, 7) is 1.59. The van der Waals surface area contributed by atoms with Gasteiger partial charge in [0.15, 0.2) is 0 Å². The first-order valence-corrected chi connectivity index (χ1v) is 6.36. The number of aryl methyl sites for hydroxylation is 1. The van der Waals surface area contributed by atoms with Crippen molar-refractivity contribution in [2.24, 2.45) is 5.73 Å². The van der Waals surface area contributed by atoms with Crippen molar-refractivity contribution < 1.29 is 13.5 Å². The van der Waals surface area contributed by atoms with Gasteiger partial charge in [0.25, 0.3) is 0 Å². The second kappa shape index (κ2) is 6.01. The van der Waals surface area contributed by atoms with E-state index in [1.807, 2.05) is 24.3 Å². The van der Waals surface area contributed by atoms with E-state index in [2.05, 4.69) is 0 Å². The Labute approximate surface area is 117 Å². The summed E-state index contributed by atoms with van der Waals surface area (Å²) in [6, 6.07) is 9.23. The Morgan fingerprint density at radius 3 is 2.55 bits per heavy atom. The first-order valence-electron chi connectivity index (χ1n) is 6.36. The van der Waals surface area contributed by atoms with Gasteiger partial charge in [0.1, 0.15) is 17.4 Å². The van der Waals surface area contributed by atoms with Crippen molar-refractivity contribution in [2.75, 3.05) is 7.11 Å². The molecule has 0 bridgehead atoms. The SMILES string of the molecule is COc1ccccc1CC(N)c1cc(C)c(F)cc1F. The molecule has 106 valence electrons. The molecule has 0 heterocycles. The molecule has 2 nitrogen and oxygen atoms in total. The Morgan fingerprint density at radius 1 is 1.15 bits per heavy atom. The van der Waals surface area contributed by atoms with Crippen LogP contribution in [0.2, 0.25) is 0 Å². The van der Waals surface area contributed by atoms with E-state index in [0.29, 0.717) is 23.3 Å². The number of methoxy groups -OCH3 is 1. The quantitative estimate of drug-likeness (QED) is 0.928. The van der Waals surface area contributed by atoms with Gasteiger partial charge in [0.2, 0.25) is 0 Å². The van der Waals surface area contributed by atoms with Crippen LogP contribution in [0.4, 0.5) is 8.78 Å². The van der Waals surface area contributed by atoms with Crippen LogP contribution in [0.5, 0.6) is 5.75 Å². The van der Waals surface area contributed by atoms with Crippen molar-refractivity contribution in [3.05, 3.63) is 64.7 Å². The van der Waals surface area contributed by atoms with Gasteiger partial charge in [-0.25, -0.2) is 8.78 Å². The van der Waals surface area contributed by atoms with E-state index in [9.17, 15) is 8.78 Å².